The molecule has 1 amide bonds. The minimum absolute atomic E-state index is 0.301. The lowest BCUT2D eigenvalue weighted by atomic mass is 10.0. The number of nitrogens with one attached hydrogen (secondary N) is 1. The lowest BCUT2D eigenvalue weighted by Crippen LogP contribution is -2.39. The van der Waals surface area contributed by atoms with E-state index in [2.05, 4.69) is 25.2 Å². The molecule has 0 atom stereocenters. The van der Waals surface area contributed by atoms with E-state index in [1.54, 1.807) is 18.6 Å². The molecule has 1 fully saturated rings. The average Bonchev–Trinajstić information content (AvgIpc) is 2.62. The normalized spacial score (nSPS) is 15.0. The van der Waals surface area contributed by atoms with E-state index in [9.17, 15) is 4.79 Å². The van der Waals surface area contributed by atoms with Gasteiger partial charge in [0.15, 0.2) is 0 Å². The fourth-order valence-electron chi connectivity index (χ4n) is 2.91. The number of amides is 1. The van der Waals surface area contributed by atoms with Gasteiger partial charge in [-0.15, -0.1) is 0 Å². The summed E-state index contributed by atoms with van der Waals surface area (Å²) in [5.41, 5.74) is 6.59. The summed E-state index contributed by atoms with van der Waals surface area (Å²) in [6.07, 6.45) is 5.17. The van der Waals surface area contributed by atoms with Crippen LogP contribution in [0.2, 0.25) is 0 Å². The van der Waals surface area contributed by atoms with Gasteiger partial charge in [-0.05, 0) is 25.0 Å². The number of aromatic nitrogens is 3. The van der Waals surface area contributed by atoms with E-state index >= 15 is 0 Å². The molecule has 0 aliphatic carbocycles. The van der Waals surface area contributed by atoms with Gasteiger partial charge in [0.2, 0.25) is 0 Å². The van der Waals surface area contributed by atoms with E-state index in [1.165, 1.54) is 0 Å². The molecule has 132 valence electrons. The van der Waals surface area contributed by atoms with Crippen LogP contribution in [0, 0.1) is 0 Å². The monoisotopic (exact) mass is 341 g/mol. The highest BCUT2D eigenvalue weighted by atomic mass is 16.1. The number of carbonyl (C=O) groups excluding carboxylic acids is 1. The molecule has 3 rings (SSSR count). The molecular formula is C17H23N7O. The van der Waals surface area contributed by atoms with Crippen molar-refractivity contribution in [2.75, 3.05) is 42.3 Å². The predicted octanol–water partition coefficient (Wildman–Crippen LogP) is 1.12. The SMILES string of the molecule is CN(C)c1cc(NC2CCN(c3ccnc(C(N)=O)c3)CC2)ncn1. The number of nitrogens with two attached hydrogens (primary N) is 1. The van der Waals surface area contributed by atoms with Crippen LogP contribution in [0.1, 0.15) is 23.3 Å². The molecule has 1 aliphatic rings. The van der Waals surface area contributed by atoms with Crippen LogP contribution < -0.4 is 20.9 Å². The second-order valence-electron chi connectivity index (χ2n) is 6.33. The second-order valence-corrected chi connectivity index (χ2v) is 6.33. The van der Waals surface area contributed by atoms with Gasteiger partial charge >= 0.3 is 0 Å². The Bertz CT molecular complexity index is 741. The average molecular weight is 341 g/mol. The molecule has 8 heteroatoms. The highest BCUT2D eigenvalue weighted by molar-refractivity contribution is 5.91. The van der Waals surface area contributed by atoms with Crippen LogP contribution in [0.25, 0.3) is 0 Å². The molecule has 2 aromatic rings. The van der Waals surface area contributed by atoms with Gasteiger partial charge in [-0.1, -0.05) is 0 Å². The lowest BCUT2D eigenvalue weighted by Gasteiger charge is -2.34. The fourth-order valence-corrected chi connectivity index (χ4v) is 2.91. The lowest BCUT2D eigenvalue weighted by molar-refractivity contribution is 0.0995. The summed E-state index contributed by atoms with van der Waals surface area (Å²) >= 11 is 0. The van der Waals surface area contributed by atoms with Crippen LogP contribution in [0.3, 0.4) is 0 Å². The number of carbonyl (C=O) groups is 1. The quantitative estimate of drug-likeness (QED) is 0.840. The smallest absolute Gasteiger partial charge is 0.267 e. The number of piperidine rings is 1. The van der Waals surface area contributed by atoms with Crippen molar-refractivity contribution in [3.05, 3.63) is 36.4 Å². The molecule has 2 aromatic heterocycles. The van der Waals surface area contributed by atoms with E-state index in [4.69, 9.17) is 5.73 Å². The van der Waals surface area contributed by atoms with E-state index < -0.39 is 5.91 Å². The standard InChI is InChI=1S/C17H23N7O/c1-23(2)16-10-15(20-11-21-16)22-12-4-7-24(8-5-12)13-3-6-19-14(9-13)17(18)25/h3,6,9-12H,4-5,7-8H2,1-2H3,(H2,18,25)(H,20,21,22). The maximum atomic E-state index is 11.3. The van der Waals surface area contributed by atoms with Gasteiger partial charge in [0.05, 0.1) is 0 Å². The van der Waals surface area contributed by atoms with Gasteiger partial charge in [-0.3, -0.25) is 9.78 Å². The number of pyridine rings is 1. The van der Waals surface area contributed by atoms with Crippen molar-refractivity contribution in [1.29, 1.82) is 0 Å². The van der Waals surface area contributed by atoms with Gasteiger partial charge in [0.25, 0.3) is 5.91 Å². The van der Waals surface area contributed by atoms with Crippen LogP contribution in [0.15, 0.2) is 30.7 Å². The molecule has 3 heterocycles. The summed E-state index contributed by atoms with van der Waals surface area (Å²) in [6, 6.07) is 5.98. The van der Waals surface area contributed by atoms with Crippen molar-refractivity contribution < 1.29 is 4.79 Å². The van der Waals surface area contributed by atoms with E-state index in [-0.39, 0.29) is 0 Å². The van der Waals surface area contributed by atoms with Gasteiger partial charge in [0.1, 0.15) is 23.7 Å². The number of primary amides is 1. The first-order chi connectivity index (χ1) is 12.0. The molecule has 0 bridgehead atoms. The molecule has 8 nitrogen and oxygen atoms in total. The Morgan fingerprint density at radius 2 is 2.00 bits per heavy atom. The van der Waals surface area contributed by atoms with Gasteiger partial charge < -0.3 is 20.9 Å². The van der Waals surface area contributed by atoms with Crippen LogP contribution in [0.5, 0.6) is 0 Å². The first-order valence-corrected chi connectivity index (χ1v) is 8.29. The van der Waals surface area contributed by atoms with Crippen molar-refractivity contribution in [2.45, 2.75) is 18.9 Å². The van der Waals surface area contributed by atoms with Crippen molar-refractivity contribution in [3.63, 3.8) is 0 Å². The molecule has 1 saturated heterocycles. The van der Waals surface area contributed by atoms with Crippen molar-refractivity contribution in [2.24, 2.45) is 5.73 Å². The van der Waals surface area contributed by atoms with Crippen molar-refractivity contribution in [1.82, 2.24) is 15.0 Å². The third-order valence-electron chi connectivity index (χ3n) is 4.32. The molecule has 0 saturated carbocycles. The maximum Gasteiger partial charge on any atom is 0.267 e. The van der Waals surface area contributed by atoms with E-state index in [1.807, 2.05) is 31.1 Å². The first kappa shape index (κ1) is 16.9. The van der Waals surface area contributed by atoms with Crippen LogP contribution in [-0.4, -0.2) is 54.1 Å². The molecule has 0 radical (unpaired) electrons. The molecule has 1 aliphatic heterocycles. The molecule has 0 aromatic carbocycles. The zero-order valence-electron chi connectivity index (χ0n) is 14.5. The number of nitrogens with zero attached hydrogens (tertiary/aromatic N) is 5. The Hall–Kier alpha value is -2.90. The zero-order chi connectivity index (χ0) is 17.8. The number of hydrogen-bond acceptors (Lipinski definition) is 7. The molecule has 25 heavy (non-hydrogen) atoms. The summed E-state index contributed by atoms with van der Waals surface area (Å²) in [5, 5.41) is 3.49. The van der Waals surface area contributed by atoms with Crippen LogP contribution in [-0.2, 0) is 0 Å². The summed E-state index contributed by atoms with van der Waals surface area (Å²) < 4.78 is 0. The predicted molar refractivity (Wildman–Crippen MR) is 98.0 cm³/mol. The first-order valence-electron chi connectivity index (χ1n) is 8.29. The number of anilines is 3. The maximum absolute atomic E-state index is 11.3. The molecule has 3 N–H and O–H groups in total. The highest BCUT2D eigenvalue weighted by Crippen LogP contribution is 2.22. The van der Waals surface area contributed by atoms with Gasteiger partial charge in [0, 0.05) is 51.2 Å². The Balaban J connectivity index is 1.59. The largest absolute Gasteiger partial charge is 0.371 e. The van der Waals surface area contributed by atoms with Crippen LogP contribution in [0.4, 0.5) is 17.3 Å². The Labute approximate surface area is 147 Å². The summed E-state index contributed by atoms with van der Waals surface area (Å²) in [4.78, 5) is 28.0. The molecule has 0 spiro atoms. The van der Waals surface area contributed by atoms with Crippen molar-refractivity contribution >= 4 is 23.2 Å². The Morgan fingerprint density at radius 1 is 1.24 bits per heavy atom. The molecular weight excluding hydrogens is 318 g/mol. The summed E-state index contributed by atoms with van der Waals surface area (Å²) in [5.74, 6) is 1.22. The Morgan fingerprint density at radius 3 is 2.68 bits per heavy atom. The zero-order valence-corrected chi connectivity index (χ0v) is 14.5. The third kappa shape index (κ3) is 4.14. The highest BCUT2D eigenvalue weighted by Gasteiger charge is 2.20. The third-order valence-corrected chi connectivity index (χ3v) is 4.32. The Kier molecular flexibility index (Phi) is 4.97. The van der Waals surface area contributed by atoms with Crippen molar-refractivity contribution in [3.8, 4) is 0 Å². The summed E-state index contributed by atoms with van der Waals surface area (Å²) in [7, 11) is 3.92. The minimum Gasteiger partial charge on any atom is -0.371 e. The van der Waals surface area contributed by atoms with Gasteiger partial charge in [-0.25, -0.2) is 9.97 Å². The van der Waals surface area contributed by atoms with E-state index in [0.29, 0.717) is 11.7 Å². The van der Waals surface area contributed by atoms with Crippen LogP contribution >= 0.6 is 0 Å². The number of rotatable bonds is 5. The fraction of sp³-hybridized carbons (Fsp3) is 0.412. The topological polar surface area (TPSA) is 100 Å². The summed E-state index contributed by atoms with van der Waals surface area (Å²) in [6.45, 7) is 1.79. The minimum atomic E-state index is -0.501. The second kappa shape index (κ2) is 7.33. The van der Waals surface area contributed by atoms with Gasteiger partial charge in [-0.2, -0.15) is 0 Å². The molecule has 0 unspecified atom stereocenters. The number of hydrogen-bond donors (Lipinski definition) is 2. The van der Waals surface area contributed by atoms with E-state index in [0.717, 1.165) is 43.3 Å².